The average molecular weight is 264 g/mol. The quantitative estimate of drug-likeness (QED) is 0.608. The molecule has 19 heavy (non-hydrogen) atoms. The molecule has 0 radical (unpaired) electrons. The van der Waals surface area contributed by atoms with Crippen molar-refractivity contribution in [3.63, 3.8) is 0 Å². The van der Waals surface area contributed by atoms with Crippen LogP contribution in [0.3, 0.4) is 0 Å². The van der Waals surface area contributed by atoms with E-state index >= 15 is 0 Å². The van der Waals surface area contributed by atoms with E-state index in [4.69, 9.17) is 4.74 Å². The van der Waals surface area contributed by atoms with Gasteiger partial charge in [0.2, 0.25) is 0 Å². The van der Waals surface area contributed by atoms with E-state index in [0.29, 0.717) is 0 Å². The minimum absolute atomic E-state index is 0.0614. The molecule has 1 saturated carbocycles. The lowest BCUT2D eigenvalue weighted by molar-refractivity contribution is 0.00400. The van der Waals surface area contributed by atoms with Crippen molar-refractivity contribution in [2.45, 2.75) is 77.2 Å². The molecule has 1 heteroatoms. The molecule has 2 unspecified atom stereocenters. The van der Waals surface area contributed by atoms with Crippen LogP contribution in [0.4, 0.5) is 0 Å². The maximum Gasteiger partial charge on any atom is 0.0858 e. The van der Waals surface area contributed by atoms with E-state index in [2.05, 4.69) is 26.0 Å². The van der Waals surface area contributed by atoms with Gasteiger partial charge in [-0.1, -0.05) is 51.7 Å². The Balaban J connectivity index is 1.89. The SMILES string of the molecule is CCCC1(OC)C=CC(C2CCC(CC)CC2)CC1. The molecule has 0 aromatic rings. The van der Waals surface area contributed by atoms with Crippen molar-refractivity contribution in [1.29, 1.82) is 0 Å². The standard InChI is InChI=1S/C18H32O/c1-4-12-18(19-3)13-10-17(11-14-18)16-8-6-15(5-2)7-9-16/h10,13,15-17H,4-9,11-12,14H2,1-3H3. The summed E-state index contributed by atoms with van der Waals surface area (Å²) in [5, 5.41) is 0. The summed E-state index contributed by atoms with van der Waals surface area (Å²) in [6.45, 7) is 4.61. The summed E-state index contributed by atoms with van der Waals surface area (Å²) in [6.07, 6.45) is 17.1. The van der Waals surface area contributed by atoms with Crippen molar-refractivity contribution >= 4 is 0 Å². The molecule has 1 nitrogen and oxygen atoms in total. The van der Waals surface area contributed by atoms with Gasteiger partial charge in [0.05, 0.1) is 5.60 Å². The molecule has 2 atom stereocenters. The third kappa shape index (κ3) is 3.62. The minimum Gasteiger partial charge on any atom is -0.374 e. The second-order valence-electron chi connectivity index (χ2n) is 6.77. The van der Waals surface area contributed by atoms with Crippen molar-refractivity contribution in [3.8, 4) is 0 Å². The van der Waals surface area contributed by atoms with Crippen LogP contribution < -0.4 is 0 Å². The van der Waals surface area contributed by atoms with Gasteiger partial charge >= 0.3 is 0 Å². The number of hydrogen-bond acceptors (Lipinski definition) is 1. The zero-order valence-electron chi connectivity index (χ0n) is 13.2. The molecule has 110 valence electrons. The second kappa shape index (κ2) is 6.92. The first-order valence-corrected chi connectivity index (χ1v) is 8.47. The van der Waals surface area contributed by atoms with Gasteiger partial charge in [0.25, 0.3) is 0 Å². The summed E-state index contributed by atoms with van der Waals surface area (Å²) in [6, 6.07) is 0. The molecule has 0 spiro atoms. The molecular weight excluding hydrogens is 232 g/mol. The first-order chi connectivity index (χ1) is 9.23. The number of hydrogen-bond donors (Lipinski definition) is 0. The highest BCUT2D eigenvalue weighted by Gasteiger charge is 2.33. The van der Waals surface area contributed by atoms with Gasteiger partial charge in [0.1, 0.15) is 0 Å². The highest BCUT2D eigenvalue weighted by Crippen LogP contribution is 2.41. The maximum absolute atomic E-state index is 5.80. The summed E-state index contributed by atoms with van der Waals surface area (Å²) in [5.41, 5.74) is 0.0614. The van der Waals surface area contributed by atoms with Gasteiger partial charge in [-0.05, 0) is 49.9 Å². The van der Waals surface area contributed by atoms with Crippen molar-refractivity contribution < 1.29 is 4.74 Å². The first-order valence-electron chi connectivity index (χ1n) is 8.47. The van der Waals surface area contributed by atoms with Gasteiger partial charge in [0.15, 0.2) is 0 Å². The van der Waals surface area contributed by atoms with E-state index in [0.717, 1.165) is 17.8 Å². The topological polar surface area (TPSA) is 9.23 Å². The summed E-state index contributed by atoms with van der Waals surface area (Å²) >= 11 is 0. The van der Waals surface area contributed by atoms with Gasteiger partial charge < -0.3 is 4.74 Å². The highest BCUT2D eigenvalue weighted by molar-refractivity contribution is 5.10. The van der Waals surface area contributed by atoms with Crippen molar-refractivity contribution in [2.24, 2.45) is 17.8 Å². The Bertz CT molecular complexity index is 288. The molecule has 0 aliphatic heterocycles. The predicted octanol–water partition coefficient (Wildman–Crippen LogP) is 5.35. The summed E-state index contributed by atoms with van der Waals surface area (Å²) in [4.78, 5) is 0. The largest absolute Gasteiger partial charge is 0.374 e. The fourth-order valence-corrected chi connectivity index (χ4v) is 4.21. The first kappa shape index (κ1) is 15.1. The number of rotatable bonds is 5. The van der Waals surface area contributed by atoms with Crippen LogP contribution in [0.25, 0.3) is 0 Å². The van der Waals surface area contributed by atoms with Crippen LogP contribution >= 0.6 is 0 Å². The highest BCUT2D eigenvalue weighted by atomic mass is 16.5. The Labute approximate surface area is 119 Å². The lowest BCUT2D eigenvalue weighted by Gasteiger charge is -2.39. The molecule has 0 heterocycles. The Morgan fingerprint density at radius 3 is 2.32 bits per heavy atom. The van der Waals surface area contributed by atoms with E-state index in [1.807, 2.05) is 7.11 Å². The minimum atomic E-state index is 0.0614. The fourth-order valence-electron chi connectivity index (χ4n) is 4.21. The van der Waals surface area contributed by atoms with Crippen LogP contribution in [0, 0.1) is 17.8 Å². The van der Waals surface area contributed by atoms with E-state index in [-0.39, 0.29) is 5.60 Å². The van der Waals surface area contributed by atoms with E-state index in [9.17, 15) is 0 Å². The lowest BCUT2D eigenvalue weighted by Crippen LogP contribution is -2.34. The third-order valence-corrected chi connectivity index (χ3v) is 5.70. The maximum atomic E-state index is 5.80. The molecule has 0 aromatic carbocycles. The molecule has 0 N–H and O–H groups in total. The smallest absolute Gasteiger partial charge is 0.0858 e. The van der Waals surface area contributed by atoms with Crippen molar-refractivity contribution in [1.82, 2.24) is 0 Å². The summed E-state index contributed by atoms with van der Waals surface area (Å²) in [5.74, 6) is 2.80. The van der Waals surface area contributed by atoms with Gasteiger partial charge in [-0.25, -0.2) is 0 Å². The third-order valence-electron chi connectivity index (χ3n) is 5.70. The van der Waals surface area contributed by atoms with E-state index in [1.54, 1.807) is 0 Å². The van der Waals surface area contributed by atoms with Gasteiger partial charge in [-0.15, -0.1) is 0 Å². The molecule has 2 aliphatic carbocycles. The zero-order chi connectivity index (χ0) is 13.7. The van der Waals surface area contributed by atoms with Crippen molar-refractivity contribution in [2.75, 3.05) is 7.11 Å². The van der Waals surface area contributed by atoms with Gasteiger partial charge in [-0.2, -0.15) is 0 Å². The number of allylic oxidation sites excluding steroid dienone is 1. The predicted molar refractivity (Wildman–Crippen MR) is 82.3 cm³/mol. The van der Waals surface area contributed by atoms with Crippen LogP contribution in [0.5, 0.6) is 0 Å². The monoisotopic (exact) mass is 264 g/mol. The number of methoxy groups -OCH3 is 1. The molecule has 0 amide bonds. The number of ether oxygens (including phenoxy) is 1. The van der Waals surface area contributed by atoms with Crippen LogP contribution in [0.2, 0.25) is 0 Å². The summed E-state index contributed by atoms with van der Waals surface area (Å²) in [7, 11) is 1.88. The average Bonchev–Trinajstić information content (AvgIpc) is 2.48. The molecule has 1 fully saturated rings. The Morgan fingerprint density at radius 1 is 1.11 bits per heavy atom. The normalized spacial score (nSPS) is 39.4. The van der Waals surface area contributed by atoms with Crippen LogP contribution in [-0.4, -0.2) is 12.7 Å². The molecule has 0 bridgehead atoms. The Hall–Kier alpha value is -0.300. The van der Waals surface area contributed by atoms with E-state index in [1.165, 1.54) is 57.8 Å². The van der Waals surface area contributed by atoms with Gasteiger partial charge in [-0.3, -0.25) is 0 Å². The summed E-state index contributed by atoms with van der Waals surface area (Å²) < 4.78 is 5.80. The Kier molecular flexibility index (Phi) is 5.50. The molecule has 2 rings (SSSR count). The van der Waals surface area contributed by atoms with Gasteiger partial charge in [0, 0.05) is 7.11 Å². The molecule has 0 aromatic heterocycles. The molecular formula is C18H32O. The Morgan fingerprint density at radius 2 is 1.84 bits per heavy atom. The molecule has 2 aliphatic rings. The zero-order valence-corrected chi connectivity index (χ0v) is 13.2. The van der Waals surface area contributed by atoms with Crippen LogP contribution in [0.1, 0.15) is 71.6 Å². The second-order valence-corrected chi connectivity index (χ2v) is 6.77. The van der Waals surface area contributed by atoms with Crippen molar-refractivity contribution in [3.05, 3.63) is 12.2 Å². The lowest BCUT2D eigenvalue weighted by atomic mass is 9.70. The molecule has 0 saturated heterocycles. The van der Waals surface area contributed by atoms with Crippen LogP contribution in [0.15, 0.2) is 12.2 Å². The van der Waals surface area contributed by atoms with E-state index < -0.39 is 0 Å². The fraction of sp³-hybridized carbons (Fsp3) is 0.889. The van der Waals surface area contributed by atoms with Crippen LogP contribution in [-0.2, 0) is 4.74 Å².